The van der Waals surface area contributed by atoms with E-state index in [4.69, 9.17) is 5.11 Å². The van der Waals surface area contributed by atoms with E-state index in [0.29, 0.717) is 12.5 Å². The highest BCUT2D eigenvalue weighted by molar-refractivity contribution is 5.81. The molecule has 0 aliphatic carbocycles. The minimum atomic E-state index is -1.01. The van der Waals surface area contributed by atoms with Crippen molar-refractivity contribution in [2.24, 2.45) is 5.92 Å². The van der Waals surface area contributed by atoms with Gasteiger partial charge in [-0.1, -0.05) is 13.8 Å². The summed E-state index contributed by atoms with van der Waals surface area (Å²) in [4.78, 5) is 21.7. The van der Waals surface area contributed by atoms with Crippen LogP contribution in [0.4, 0.5) is 0 Å². The molecule has 15 heavy (non-hydrogen) atoms. The third kappa shape index (κ3) is 6.90. The number of ether oxygens (including phenoxy) is 1. The summed E-state index contributed by atoms with van der Waals surface area (Å²) in [5, 5.41) is 11.5. The van der Waals surface area contributed by atoms with Crippen molar-refractivity contribution >= 4 is 11.9 Å². The predicted octanol–water partition coefficient (Wildman–Crippen LogP) is 0.638. The Hall–Kier alpha value is -1.10. The van der Waals surface area contributed by atoms with Gasteiger partial charge in [0.05, 0.1) is 13.5 Å². The summed E-state index contributed by atoms with van der Waals surface area (Å²) in [5.41, 5.74) is 0. The van der Waals surface area contributed by atoms with Crippen LogP contribution in [0, 0.1) is 5.92 Å². The van der Waals surface area contributed by atoms with Gasteiger partial charge in [0.1, 0.15) is 6.04 Å². The molecule has 0 aliphatic rings. The maximum atomic E-state index is 11.2. The highest BCUT2D eigenvalue weighted by atomic mass is 16.5. The number of carbonyl (C=O) groups excluding carboxylic acids is 1. The molecule has 0 aromatic carbocycles. The number of carboxylic acids is 1. The van der Waals surface area contributed by atoms with Crippen LogP contribution in [0.15, 0.2) is 0 Å². The normalized spacial score (nSPS) is 12.5. The van der Waals surface area contributed by atoms with Gasteiger partial charge in [-0.15, -0.1) is 0 Å². The number of rotatable bonds is 7. The van der Waals surface area contributed by atoms with Crippen LogP contribution in [0.25, 0.3) is 0 Å². The van der Waals surface area contributed by atoms with E-state index in [-0.39, 0.29) is 6.42 Å². The number of methoxy groups -OCH3 is 1. The second kappa shape index (κ2) is 7.23. The first-order chi connectivity index (χ1) is 6.97. The Morgan fingerprint density at radius 3 is 2.40 bits per heavy atom. The quantitative estimate of drug-likeness (QED) is 0.612. The van der Waals surface area contributed by atoms with Crippen LogP contribution >= 0.6 is 0 Å². The summed E-state index contributed by atoms with van der Waals surface area (Å²) in [6, 6.07) is -0.744. The van der Waals surface area contributed by atoms with Crippen molar-refractivity contribution in [3.8, 4) is 0 Å². The molecular formula is C10H19NO4. The number of esters is 1. The van der Waals surface area contributed by atoms with Crippen LogP contribution in [0.1, 0.15) is 26.7 Å². The molecule has 0 bridgehead atoms. The Bertz CT molecular complexity index is 215. The lowest BCUT2D eigenvalue weighted by atomic mass is 10.1. The third-order valence-electron chi connectivity index (χ3n) is 1.98. The van der Waals surface area contributed by atoms with E-state index in [1.54, 1.807) is 0 Å². The van der Waals surface area contributed by atoms with Crippen molar-refractivity contribution in [1.29, 1.82) is 0 Å². The van der Waals surface area contributed by atoms with Crippen molar-refractivity contribution in [2.75, 3.05) is 13.7 Å². The van der Waals surface area contributed by atoms with Gasteiger partial charge in [0.25, 0.3) is 0 Å². The molecule has 88 valence electrons. The number of hydrogen-bond acceptors (Lipinski definition) is 4. The van der Waals surface area contributed by atoms with Crippen molar-refractivity contribution in [3.05, 3.63) is 0 Å². The van der Waals surface area contributed by atoms with Crippen LogP contribution in [0.2, 0.25) is 0 Å². The summed E-state index contributed by atoms with van der Waals surface area (Å²) in [6.07, 6.45) is 0.651. The van der Waals surface area contributed by atoms with Gasteiger partial charge in [0.15, 0.2) is 0 Å². The fourth-order valence-electron chi connectivity index (χ4n) is 1.10. The Morgan fingerprint density at radius 1 is 1.40 bits per heavy atom. The molecule has 1 unspecified atom stereocenters. The molecule has 0 radical (unpaired) electrons. The van der Waals surface area contributed by atoms with E-state index in [9.17, 15) is 9.59 Å². The summed E-state index contributed by atoms with van der Waals surface area (Å²) < 4.78 is 4.51. The lowest BCUT2D eigenvalue weighted by molar-refractivity contribution is -0.148. The number of carboxylic acid groups (broad SMARTS) is 1. The van der Waals surface area contributed by atoms with Gasteiger partial charge in [-0.05, 0) is 18.9 Å². The van der Waals surface area contributed by atoms with Crippen LogP contribution in [0.5, 0.6) is 0 Å². The standard InChI is InChI=1S/C10H19NO4/c1-7(2)4-5-11-8(6-9(12)13)10(14)15-3/h7-8,11H,4-6H2,1-3H3,(H,12,13). The zero-order valence-corrected chi connectivity index (χ0v) is 9.45. The van der Waals surface area contributed by atoms with E-state index in [2.05, 4.69) is 23.9 Å². The Labute approximate surface area is 89.8 Å². The van der Waals surface area contributed by atoms with Crippen molar-refractivity contribution in [2.45, 2.75) is 32.7 Å². The zero-order valence-electron chi connectivity index (χ0n) is 9.45. The van der Waals surface area contributed by atoms with E-state index in [1.165, 1.54) is 7.11 Å². The molecule has 0 fully saturated rings. The smallest absolute Gasteiger partial charge is 0.323 e. The molecule has 0 aromatic heterocycles. The average molecular weight is 217 g/mol. The number of hydrogen-bond donors (Lipinski definition) is 2. The van der Waals surface area contributed by atoms with Crippen LogP contribution < -0.4 is 5.32 Å². The summed E-state index contributed by atoms with van der Waals surface area (Å²) >= 11 is 0. The topological polar surface area (TPSA) is 75.6 Å². The van der Waals surface area contributed by atoms with E-state index in [0.717, 1.165) is 6.42 Å². The molecular weight excluding hydrogens is 198 g/mol. The summed E-state index contributed by atoms with van der Waals surface area (Å²) in [7, 11) is 1.25. The van der Waals surface area contributed by atoms with E-state index < -0.39 is 18.0 Å². The molecule has 0 saturated carbocycles. The summed E-state index contributed by atoms with van der Waals surface area (Å²) in [6.45, 7) is 4.74. The molecule has 0 rings (SSSR count). The number of aliphatic carboxylic acids is 1. The van der Waals surface area contributed by atoms with E-state index >= 15 is 0 Å². The van der Waals surface area contributed by atoms with Gasteiger partial charge in [0.2, 0.25) is 0 Å². The maximum Gasteiger partial charge on any atom is 0.323 e. The van der Waals surface area contributed by atoms with Gasteiger partial charge in [-0.3, -0.25) is 9.59 Å². The zero-order chi connectivity index (χ0) is 11.8. The molecule has 0 amide bonds. The second-order valence-corrected chi connectivity index (χ2v) is 3.81. The maximum absolute atomic E-state index is 11.2. The predicted molar refractivity (Wildman–Crippen MR) is 55.5 cm³/mol. The van der Waals surface area contributed by atoms with Crippen molar-refractivity contribution in [1.82, 2.24) is 5.32 Å². The molecule has 0 heterocycles. The molecule has 2 N–H and O–H groups in total. The largest absolute Gasteiger partial charge is 0.481 e. The molecule has 1 atom stereocenters. The highest BCUT2D eigenvalue weighted by Crippen LogP contribution is 2.00. The van der Waals surface area contributed by atoms with Gasteiger partial charge in [-0.2, -0.15) is 0 Å². The minimum Gasteiger partial charge on any atom is -0.481 e. The van der Waals surface area contributed by atoms with Crippen molar-refractivity contribution < 1.29 is 19.4 Å². The minimum absolute atomic E-state index is 0.245. The van der Waals surface area contributed by atoms with Crippen molar-refractivity contribution in [3.63, 3.8) is 0 Å². The Morgan fingerprint density at radius 2 is 2.00 bits per heavy atom. The molecule has 5 heteroatoms. The fourth-order valence-corrected chi connectivity index (χ4v) is 1.10. The highest BCUT2D eigenvalue weighted by Gasteiger charge is 2.21. The first kappa shape index (κ1) is 13.9. The van der Waals surface area contributed by atoms with Crippen LogP contribution in [0.3, 0.4) is 0 Å². The number of carbonyl (C=O) groups is 2. The first-order valence-electron chi connectivity index (χ1n) is 5.00. The Balaban J connectivity index is 4.01. The molecule has 0 saturated heterocycles. The first-order valence-corrected chi connectivity index (χ1v) is 5.00. The van der Waals surface area contributed by atoms with E-state index in [1.807, 2.05) is 0 Å². The van der Waals surface area contributed by atoms with Crippen LogP contribution in [-0.2, 0) is 14.3 Å². The van der Waals surface area contributed by atoms with Gasteiger partial charge < -0.3 is 15.2 Å². The number of nitrogens with one attached hydrogen (secondary N) is 1. The average Bonchev–Trinajstić information content (AvgIpc) is 2.14. The molecule has 0 aromatic rings. The van der Waals surface area contributed by atoms with Gasteiger partial charge in [0, 0.05) is 0 Å². The Kier molecular flexibility index (Phi) is 6.70. The monoisotopic (exact) mass is 217 g/mol. The van der Waals surface area contributed by atoms with Gasteiger partial charge >= 0.3 is 11.9 Å². The lowest BCUT2D eigenvalue weighted by Crippen LogP contribution is -2.40. The SMILES string of the molecule is COC(=O)C(CC(=O)O)NCCC(C)C. The molecule has 0 spiro atoms. The summed E-state index contributed by atoms with van der Waals surface area (Å²) in [5.74, 6) is -1.02. The molecule has 5 nitrogen and oxygen atoms in total. The third-order valence-corrected chi connectivity index (χ3v) is 1.98. The second-order valence-electron chi connectivity index (χ2n) is 3.81. The van der Waals surface area contributed by atoms with Crippen LogP contribution in [-0.4, -0.2) is 36.7 Å². The lowest BCUT2D eigenvalue weighted by Gasteiger charge is -2.15. The van der Waals surface area contributed by atoms with Gasteiger partial charge in [-0.25, -0.2) is 0 Å². The fraction of sp³-hybridized carbons (Fsp3) is 0.800. The molecule has 0 aliphatic heterocycles.